The molecule has 0 saturated carbocycles. The van der Waals surface area contributed by atoms with Crippen molar-refractivity contribution >= 4 is 21.7 Å². The first-order valence-corrected chi connectivity index (χ1v) is 6.71. The van der Waals surface area contributed by atoms with Gasteiger partial charge in [-0.25, -0.2) is 12.7 Å². The molecule has 0 heterocycles. The van der Waals surface area contributed by atoms with Crippen molar-refractivity contribution in [2.24, 2.45) is 0 Å². The molecule has 18 heavy (non-hydrogen) atoms. The van der Waals surface area contributed by atoms with Crippen molar-refractivity contribution in [1.29, 1.82) is 0 Å². The maximum Gasteiger partial charge on any atom is 0.325 e. The summed E-state index contributed by atoms with van der Waals surface area (Å²) in [5, 5.41) is 11.5. The highest BCUT2D eigenvalue weighted by atomic mass is 32.2. The Labute approximate surface area is 106 Å². The fourth-order valence-corrected chi connectivity index (χ4v) is 2.35. The average molecular weight is 272 g/mol. The number of benzene rings is 1. The quantitative estimate of drug-likeness (QED) is 0.828. The van der Waals surface area contributed by atoms with Crippen LogP contribution in [0, 0.1) is 0 Å². The number of rotatable bonds is 5. The summed E-state index contributed by atoms with van der Waals surface area (Å²) in [6, 6.07) is 5.34. The van der Waals surface area contributed by atoms with Gasteiger partial charge in [0, 0.05) is 14.1 Å². The highest BCUT2D eigenvalue weighted by molar-refractivity contribution is 7.89. The van der Waals surface area contributed by atoms with Gasteiger partial charge >= 0.3 is 5.97 Å². The molecule has 0 aliphatic heterocycles. The molecule has 0 aliphatic carbocycles. The van der Waals surface area contributed by atoms with Gasteiger partial charge in [0.05, 0.1) is 5.69 Å². The second-order valence-corrected chi connectivity index (χ2v) is 6.11. The molecule has 0 fully saturated rings. The molecule has 100 valence electrons. The van der Waals surface area contributed by atoms with Crippen molar-refractivity contribution in [3.63, 3.8) is 0 Å². The Kier molecular flexibility index (Phi) is 4.31. The summed E-state index contributed by atoms with van der Waals surface area (Å²) < 4.78 is 25.2. The molecule has 0 amide bonds. The van der Waals surface area contributed by atoms with Crippen molar-refractivity contribution in [2.45, 2.75) is 17.9 Å². The molecular weight excluding hydrogens is 256 g/mol. The highest BCUT2D eigenvalue weighted by Gasteiger charge is 2.22. The second kappa shape index (κ2) is 5.36. The fourth-order valence-electron chi connectivity index (χ4n) is 1.30. The lowest BCUT2D eigenvalue weighted by Gasteiger charge is -2.17. The number of nitrogens with zero attached hydrogens (tertiary/aromatic N) is 1. The third kappa shape index (κ3) is 2.99. The third-order valence-electron chi connectivity index (χ3n) is 2.39. The van der Waals surface area contributed by atoms with E-state index in [0.717, 1.165) is 4.31 Å². The number of carboxylic acid groups (broad SMARTS) is 1. The van der Waals surface area contributed by atoms with Gasteiger partial charge in [0.25, 0.3) is 0 Å². The van der Waals surface area contributed by atoms with E-state index in [-0.39, 0.29) is 10.6 Å². The van der Waals surface area contributed by atoms with Crippen molar-refractivity contribution in [2.75, 3.05) is 19.4 Å². The molecule has 0 radical (unpaired) electrons. The van der Waals surface area contributed by atoms with Crippen LogP contribution in [0.3, 0.4) is 0 Å². The number of hydrogen-bond acceptors (Lipinski definition) is 4. The van der Waals surface area contributed by atoms with Gasteiger partial charge in [0.1, 0.15) is 10.9 Å². The summed E-state index contributed by atoms with van der Waals surface area (Å²) in [6.45, 7) is 1.45. The van der Waals surface area contributed by atoms with Crippen LogP contribution >= 0.6 is 0 Å². The average Bonchev–Trinajstić information content (AvgIpc) is 2.29. The largest absolute Gasteiger partial charge is 0.480 e. The highest BCUT2D eigenvalue weighted by Crippen LogP contribution is 2.23. The number of para-hydroxylation sites is 1. The van der Waals surface area contributed by atoms with E-state index >= 15 is 0 Å². The SMILES string of the molecule is CC(Nc1ccccc1S(=O)(=O)N(C)C)C(=O)O. The molecule has 1 unspecified atom stereocenters. The van der Waals surface area contributed by atoms with Crippen molar-refractivity contribution in [3.8, 4) is 0 Å². The minimum atomic E-state index is -3.60. The Morgan fingerprint density at radius 1 is 1.33 bits per heavy atom. The van der Waals surface area contributed by atoms with E-state index in [0.29, 0.717) is 0 Å². The summed E-state index contributed by atoms with van der Waals surface area (Å²) in [4.78, 5) is 10.8. The molecule has 0 spiro atoms. The maximum absolute atomic E-state index is 12.0. The van der Waals surface area contributed by atoms with Crippen LogP contribution in [0.2, 0.25) is 0 Å². The summed E-state index contributed by atoms with van der Waals surface area (Å²) in [7, 11) is -0.754. The van der Waals surface area contributed by atoms with Crippen LogP contribution in [-0.2, 0) is 14.8 Å². The topological polar surface area (TPSA) is 86.7 Å². The maximum atomic E-state index is 12.0. The van der Waals surface area contributed by atoms with Crippen LogP contribution in [0.5, 0.6) is 0 Å². The predicted octanol–water partition coefficient (Wildman–Crippen LogP) is 0.822. The molecule has 0 bridgehead atoms. The summed E-state index contributed by atoms with van der Waals surface area (Å²) in [5.74, 6) is -1.05. The van der Waals surface area contributed by atoms with Crippen LogP contribution in [-0.4, -0.2) is 43.9 Å². The number of sulfonamides is 1. The van der Waals surface area contributed by atoms with E-state index in [4.69, 9.17) is 5.11 Å². The normalized spacial score (nSPS) is 13.3. The first-order valence-electron chi connectivity index (χ1n) is 5.27. The fraction of sp³-hybridized carbons (Fsp3) is 0.364. The van der Waals surface area contributed by atoms with Crippen molar-refractivity contribution < 1.29 is 18.3 Å². The van der Waals surface area contributed by atoms with Crippen molar-refractivity contribution in [1.82, 2.24) is 4.31 Å². The smallest absolute Gasteiger partial charge is 0.325 e. The minimum Gasteiger partial charge on any atom is -0.480 e. The molecule has 0 aromatic heterocycles. The van der Waals surface area contributed by atoms with E-state index in [1.807, 2.05) is 0 Å². The number of carbonyl (C=O) groups is 1. The number of carboxylic acids is 1. The molecule has 2 N–H and O–H groups in total. The van der Waals surface area contributed by atoms with E-state index in [9.17, 15) is 13.2 Å². The summed E-state index contributed by atoms with van der Waals surface area (Å²) in [6.07, 6.45) is 0. The zero-order valence-corrected chi connectivity index (χ0v) is 11.2. The molecule has 0 aliphatic rings. The zero-order chi connectivity index (χ0) is 13.9. The van der Waals surface area contributed by atoms with Crippen molar-refractivity contribution in [3.05, 3.63) is 24.3 Å². The first-order chi connectivity index (χ1) is 8.26. The van der Waals surface area contributed by atoms with Gasteiger partial charge < -0.3 is 10.4 Å². The van der Waals surface area contributed by atoms with Crippen LogP contribution in [0.1, 0.15) is 6.92 Å². The van der Waals surface area contributed by atoms with E-state index in [1.165, 1.54) is 33.2 Å². The number of aliphatic carboxylic acids is 1. The van der Waals surface area contributed by atoms with Gasteiger partial charge in [-0.3, -0.25) is 4.79 Å². The monoisotopic (exact) mass is 272 g/mol. The predicted molar refractivity (Wildman–Crippen MR) is 68.0 cm³/mol. The Balaban J connectivity index is 3.20. The standard InChI is InChI=1S/C11H16N2O4S/c1-8(11(14)15)12-9-6-4-5-7-10(9)18(16,17)13(2)3/h4-8,12H,1-3H3,(H,14,15). The van der Waals surface area contributed by atoms with E-state index in [2.05, 4.69) is 5.32 Å². The van der Waals surface area contributed by atoms with Crippen LogP contribution in [0.25, 0.3) is 0 Å². The van der Waals surface area contributed by atoms with Gasteiger partial charge in [0.15, 0.2) is 0 Å². The van der Waals surface area contributed by atoms with E-state index < -0.39 is 22.0 Å². The van der Waals surface area contributed by atoms with Gasteiger partial charge in [-0.1, -0.05) is 12.1 Å². The second-order valence-electron chi connectivity index (χ2n) is 3.99. The number of nitrogens with one attached hydrogen (secondary N) is 1. The Morgan fingerprint density at radius 3 is 2.39 bits per heavy atom. The van der Waals surface area contributed by atoms with Crippen LogP contribution in [0.15, 0.2) is 29.2 Å². The van der Waals surface area contributed by atoms with E-state index in [1.54, 1.807) is 12.1 Å². The van der Waals surface area contributed by atoms with Gasteiger partial charge in [-0.15, -0.1) is 0 Å². The lowest BCUT2D eigenvalue weighted by molar-refractivity contribution is -0.137. The zero-order valence-electron chi connectivity index (χ0n) is 10.4. The molecule has 0 saturated heterocycles. The van der Waals surface area contributed by atoms with Gasteiger partial charge in [-0.2, -0.15) is 0 Å². The number of anilines is 1. The summed E-state index contributed by atoms with van der Waals surface area (Å²) >= 11 is 0. The molecule has 1 rings (SSSR count). The van der Waals surface area contributed by atoms with Gasteiger partial charge in [0.2, 0.25) is 10.0 Å². The lowest BCUT2D eigenvalue weighted by atomic mass is 10.2. The Hall–Kier alpha value is -1.60. The Morgan fingerprint density at radius 2 is 1.89 bits per heavy atom. The van der Waals surface area contributed by atoms with Crippen LogP contribution in [0.4, 0.5) is 5.69 Å². The first kappa shape index (κ1) is 14.5. The van der Waals surface area contributed by atoms with Crippen LogP contribution < -0.4 is 5.32 Å². The lowest BCUT2D eigenvalue weighted by Crippen LogP contribution is -2.28. The molecule has 7 heteroatoms. The third-order valence-corrected chi connectivity index (χ3v) is 4.26. The molecule has 1 aromatic carbocycles. The van der Waals surface area contributed by atoms with Gasteiger partial charge in [-0.05, 0) is 19.1 Å². The number of hydrogen-bond donors (Lipinski definition) is 2. The molecule has 1 aromatic rings. The minimum absolute atomic E-state index is 0.0584. The molecular formula is C11H16N2O4S. The summed E-state index contributed by atoms with van der Waals surface area (Å²) in [5.41, 5.74) is 0.279. The molecule has 6 nitrogen and oxygen atoms in total. The molecule has 1 atom stereocenters. The Bertz CT molecular complexity index is 540.